The summed E-state index contributed by atoms with van der Waals surface area (Å²) in [6, 6.07) is 10.4. The Morgan fingerprint density at radius 1 is 1.04 bits per heavy atom. The highest BCUT2D eigenvalue weighted by Crippen LogP contribution is 2.26. The van der Waals surface area contributed by atoms with E-state index < -0.39 is 5.97 Å². The Kier molecular flexibility index (Phi) is 5.91. The summed E-state index contributed by atoms with van der Waals surface area (Å²) in [5.41, 5.74) is 3.97. The van der Waals surface area contributed by atoms with Crippen LogP contribution in [0.1, 0.15) is 44.1 Å². The number of hydrogen-bond donors (Lipinski definition) is 1. The highest BCUT2D eigenvalue weighted by Gasteiger charge is 2.15. The third kappa shape index (κ3) is 4.43. The summed E-state index contributed by atoms with van der Waals surface area (Å²) in [5.74, 6) is -1.14. The number of carboxylic acid groups (broad SMARTS) is 1. The molecule has 0 atom stereocenters. The van der Waals surface area contributed by atoms with Gasteiger partial charge in [0, 0.05) is 18.8 Å². The summed E-state index contributed by atoms with van der Waals surface area (Å²) in [5, 5.41) is 18.2. The molecular formula is C22H24N2O2. The molecular weight excluding hydrogens is 324 g/mol. The Morgan fingerprint density at radius 3 is 2.42 bits per heavy atom. The highest BCUT2D eigenvalue weighted by molar-refractivity contribution is 5.92. The molecule has 1 heterocycles. The lowest BCUT2D eigenvalue weighted by molar-refractivity contribution is -0.132. The molecule has 1 aliphatic heterocycles. The monoisotopic (exact) mass is 348 g/mol. The molecule has 1 aromatic rings. The van der Waals surface area contributed by atoms with Gasteiger partial charge in [-0.3, -0.25) is 0 Å². The number of carbonyl (C=O) groups is 1. The molecule has 4 nitrogen and oxygen atoms in total. The first-order valence-electron chi connectivity index (χ1n) is 9.27. The van der Waals surface area contributed by atoms with Crippen molar-refractivity contribution in [3.05, 3.63) is 58.7 Å². The molecule has 0 unspecified atom stereocenters. The Balaban J connectivity index is 1.72. The van der Waals surface area contributed by atoms with Crippen molar-refractivity contribution >= 4 is 17.7 Å². The smallest absolute Gasteiger partial charge is 0.346 e. The molecule has 134 valence electrons. The summed E-state index contributed by atoms with van der Waals surface area (Å²) in [4.78, 5) is 13.6. The van der Waals surface area contributed by atoms with Gasteiger partial charge < -0.3 is 10.0 Å². The predicted octanol–water partition coefficient (Wildman–Crippen LogP) is 4.71. The van der Waals surface area contributed by atoms with Gasteiger partial charge in [-0.25, -0.2) is 4.79 Å². The quantitative estimate of drug-likeness (QED) is 0.632. The standard InChI is InChI=1S/C22H24N2O2/c23-16-21(22(25)26)19-6-4-5-18(15-19)8-7-17-9-11-20(12-10-17)24-13-2-1-3-14-24/h7-12,15H,1-6,13-14H2,(H,25,26). The zero-order chi connectivity index (χ0) is 18.4. The normalized spacial score (nSPS) is 19.8. The van der Waals surface area contributed by atoms with Crippen LogP contribution in [0, 0.1) is 11.3 Å². The van der Waals surface area contributed by atoms with Gasteiger partial charge in [-0.05, 0) is 67.4 Å². The number of nitriles is 1. The van der Waals surface area contributed by atoms with E-state index in [1.165, 1.54) is 24.9 Å². The Bertz CT molecular complexity index is 788. The van der Waals surface area contributed by atoms with Crippen molar-refractivity contribution in [2.24, 2.45) is 0 Å². The Labute approximate surface area is 154 Å². The average Bonchev–Trinajstić information content (AvgIpc) is 2.68. The minimum Gasteiger partial charge on any atom is -0.477 e. The first kappa shape index (κ1) is 18.0. The van der Waals surface area contributed by atoms with Gasteiger partial charge in [-0.15, -0.1) is 0 Å². The van der Waals surface area contributed by atoms with Crippen molar-refractivity contribution in [3.8, 4) is 6.07 Å². The SMILES string of the molecule is N#CC(C(=O)O)=C1C=C(C=Cc2ccc(N3CCCCC3)cc2)CCC1. The third-order valence-corrected chi connectivity index (χ3v) is 5.02. The number of benzene rings is 1. The molecule has 0 saturated carbocycles. The largest absolute Gasteiger partial charge is 0.477 e. The predicted molar refractivity (Wildman–Crippen MR) is 104 cm³/mol. The molecule has 1 aliphatic carbocycles. The second-order valence-corrected chi connectivity index (χ2v) is 6.86. The second-order valence-electron chi connectivity index (χ2n) is 6.86. The molecule has 1 saturated heterocycles. The first-order valence-corrected chi connectivity index (χ1v) is 9.27. The Morgan fingerprint density at radius 2 is 1.77 bits per heavy atom. The van der Waals surface area contributed by atoms with Crippen molar-refractivity contribution in [2.45, 2.75) is 38.5 Å². The van der Waals surface area contributed by atoms with Gasteiger partial charge in [0.15, 0.2) is 0 Å². The number of anilines is 1. The number of rotatable bonds is 4. The molecule has 0 amide bonds. The van der Waals surface area contributed by atoms with E-state index in [9.17, 15) is 4.79 Å². The topological polar surface area (TPSA) is 64.3 Å². The number of aliphatic carboxylic acids is 1. The van der Waals surface area contributed by atoms with E-state index in [2.05, 4.69) is 35.2 Å². The van der Waals surface area contributed by atoms with Crippen LogP contribution in [-0.2, 0) is 4.79 Å². The van der Waals surface area contributed by atoms with Crippen LogP contribution in [0.25, 0.3) is 6.08 Å². The fourth-order valence-electron chi connectivity index (χ4n) is 3.59. The van der Waals surface area contributed by atoms with E-state index in [0.717, 1.165) is 37.1 Å². The molecule has 1 fully saturated rings. The van der Waals surface area contributed by atoms with Gasteiger partial charge in [-0.1, -0.05) is 30.4 Å². The lowest BCUT2D eigenvalue weighted by atomic mass is 9.91. The molecule has 0 radical (unpaired) electrons. The van der Waals surface area contributed by atoms with E-state index in [1.54, 1.807) is 0 Å². The molecule has 26 heavy (non-hydrogen) atoms. The van der Waals surface area contributed by atoms with Gasteiger partial charge in [0.05, 0.1) is 0 Å². The maximum atomic E-state index is 11.1. The van der Waals surface area contributed by atoms with Crippen molar-refractivity contribution in [2.75, 3.05) is 18.0 Å². The molecule has 0 spiro atoms. The lowest BCUT2D eigenvalue weighted by Gasteiger charge is -2.28. The number of hydrogen-bond acceptors (Lipinski definition) is 3. The third-order valence-electron chi connectivity index (χ3n) is 5.02. The summed E-state index contributed by atoms with van der Waals surface area (Å²) in [6.45, 7) is 2.28. The van der Waals surface area contributed by atoms with Gasteiger partial charge in [-0.2, -0.15) is 5.26 Å². The molecule has 1 aromatic carbocycles. The second kappa shape index (κ2) is 8.53. The maximum absolute atomic E-state index is 11.1. The van der Waals surface area contributed by atoms with Crippen LogP contribution < -0.4 is 4.90 Å². The number of allylic oxidation sites excluding steroid dienone is 4. The van der Waals surface area contributed by atoms with Crippen molar-refractivity contribution in [3.63, 3.8) is 0 Å². The summed E-state index contributed by atoms with van der Waals surface area (Å²) >= 11 is 0. The van der Waals surface area contributed by atoms with E-state index in [-0.39, 0.29) is 5.57 Å². The zero-order valence-electron chi connectivity index (χ0n) is 14.9. The summed E-state index contributed by atoms with van der Waals surface area (Å²) < 4.78 is 0. The first-order chi connectivity index (χ1) is 12.7. The average molecular weight is 348 g/mol. The van der Waals surface area contributed by atoms with Crippen molar-refractivity contribution in [1.29, 1.82) is 5.26 Å². The Hall–Kier alpha value is -2.80. The van der Waals surface area contributed by atoms with Crippen LogP contribution in [0.5, 0.6) is 0 Å². The molecule has 1 N–H and O–H groups in total. The minimum atomic E-state index is -1.14. The zero-order valence-corrected chi connectivity index (χ0v) is 14.9. The van der Waals surface area contributed by atoms with Crippen LogP contribution >= 0.6 is 0 Å². The molecule has 0 bridgehead atoms. The summed E-state index contributed by atoms with van der Waals surface area (Å²) in [7, 11) is 0. The molecule has 3 rings (SSSR count). The number of nitrogens with zero attached hydrogens (tertiary/aromatic N) is 2. The fraction of sp³-hybridized carbons (Fsp3) is 0.364. The van der Waals surface area contributed by atoms with Crippen molar-refractivity contribution in [1.82, 2.24) is 0 Å². The van der Waals surface area contributed by atoms with Crippen molar-refractivity contribution < 1.29 is 9.90 Å². The molecule has 0 aromatic heterocycles. The van der Waals surface area contributed by atoms with E-state index in [0.29, 0.717) is 12.0 Å². The van der Waals surface area contributed by atoms with Gasteiger partial charge in [0.25, 0.3) is 0 Å². The van der Waals surface area contributed by atoms with Gasteiger partial charge >= 0.3 is 5.97 Å². The minimum absolute atomic E-state index is 0.138. The number of carboxylic acids is 1. The van der Waals surface area contributed by atoms with Crippen LogP contribution in [0.3, 0.4) is 0 Å². The maximum Gasteiger partial charge on any atom is 0.346 e. The number of piperidine rings is 1. The van der Waals surface area contributed by atoms with Gasteiger partial charge in [0.2, 0.25) is 0 Å². The van der Waals surface area contributed by atoms with E-state index in [1.807, 2.05) is 18.2 Å². The summed E-state index contributed by atoms with van der Waals surface area (Å²) in [6.07, 6.45) is 12.2. The van der Waals surface area contributed by atoms with Gasteiger partial charge in [0.1, 0.15) is 11.6 Å². The van der Waals surface area contributed by atoms with Crippen LogP contribution in [0.15, 0.2) is 53.1 Å². The van der Waals surface area contributed by atoms with E-state index >= 15 is 0 Å². The lowest BCUT2D eigenvalue weighted by Crippen LogP contribution is -2.29. The van der Waals surface area contributed by atoms with Crippen LogP contribution in [0.2, 0.25) is 0 Å². The molecule has 2 aliphatic rings. The fourth-order valence-corrected chi connectivity index (χ4v) is 3.59. The van der Waals surface area contributed by atoms with Crippen LogP contribution in [-0.4, -0.2) is 24.2 Å². The van der Waals surface area contributed by atoms with E-state index in [4.69, 9.17) is 10.4 Å². The molecule has 4 heteroatoms. The van der Waals surface area contributed by atoms with Crippen LogP contribution in [0.4, 0.5) is 5.69 Å². The highest BCUT2D eigenvalue weighted by atomic mass is 16.4.